The van der Waals surface area contributed by atoms with Gasteiger partial charge in [0, 0.05) is 10.7 Å². The normalized spacial score (nSPS) is 10.1. The molecule has 0 aliphatic carbocycles. The molecule has 64 valence electrons. The molecule has 0 bridgehead atoms. The second-order valence-electron chi connectivity index (χ2n) is 2.17. The van der Waals surface area contributed by atoms with E-state index in [9.17, 15) is 0 Å². The summed E-state index contributed by atoms with van der Waals surface area (Å²) < 4.78 is 3.24. The fourth-order valence-electron chi connectivity index (χ4n) is 0.724. The number of rotatable bonds is 1. The van der Waals surface area contributed by atoms with E-state index in [2.05, 4.69) is 67.8 Å². The zero-order valence-electron chi connectivity index (χ0n) is 5.76. The van der Waals surface area contributed by atoms with Crippen LogP contribution in [0.4, 0.5) is 0 Å². The third kappa shape index (κ3) is 2.69. The molecule has 12 heavy (non-hydrogen) atoms. The Kier molecular flexibility index (Phi) is 4.55. The summed E-state index contributed by atoms with van der Waals surface area (Å²) in [6.45, 7) is 0. The van der Waals surface area contributed by atoms with E-state index in [-0.39, 0.29) is 0 Å². The van der Waals surface area contributed by atoms with Crippen LogP contribution in [0, 0.1) is 10.7 Å². The van der Waals surface area contributed by atoms with Gasteiger partial charge in [0.15, 0.2) is 0 Å². The van der Waals surface area contributed by atoms with E-state index >= 15 is 0 Å². The minimum atomic E-state index is -1.37. The summed E-state index contributed by atoms with van der Waals surface area (Å²) >= 11 is 6.58. The van der Waals surface area contributed by atoms with Crippen molar-refractivity contribution in [1.82, 2.24) is 0 Å². The van der Waals surface area contributed by atoms with Crippen LogP contribution in [-0.2, 0) is 0 Å². The molecular weight excluding hydrogens is 496 g/mol. The van der Waals surface area contributed by atoms with E-state index in [1.807, 2.05) is 0 Å². The maximum Gasteiger partial charge on any atom is 0.488 e. The standard InChI is InChI=1S/C6H4BI3O2/c8-4-1-3(7(11)12)2-5(9)6(4)10/h1-2,11-12H. The second-order valence-corrected chi connectivity index (χ2v) is 5.58. The first-order valence-electron chi connectivity index (χ1n) is 3.03. The third-order valence-corrected chi connectivity index (χ3v) is 6.23. The second kappa shape index (κ2) is 4.76. The number of hydrogen-bond acceptors (Lipinski definition) is 2. The molecule has 6 heteroatoms. The summed E-state index contributed by atoms with van der Waals surface area (Å²) in [5.74, 6) is 0. The van der Waals surface area contributed by atoms with Crippen LogP contribution >= 0.6 is 67.8 Å². The van der Waals surface area contributed by atoms with E-state index in [1.54, 1.807) is 12.1 Å². The van der Waals surface area contributed by atoms with Crippen LogP contribution in [0.3, 0.4) is 0 Å². The lowest BCUT2D eigenvalue weighted by Gasteiger charge is -2.04. The average molecular weight is 500 g/mol. The van der Waals surface area contributed by atoms with Crippen LogP contribution in [0.2, 0.25) is 0 Å². The van der Waals surface area contributed by atoms with Crippen molar-refractivity contribution in [2.75, 3.05) is 0 Å². The molecule has 0 spiro atoms. The van der Waals surface area contributed by atoms with Gasteiger partial charge in [0.25, 0.3) is 0 Å². The SMILES string of the molecule is OB(O)c1cc(I)c(I)c(I)c1. The van der Waals surface area contributed by atoms with Crippen molar-refractivity contribution >= 4 is 80.4 Å². The van der Waals surface area contributed by atoms with Crippen LogP contribution in [0.15, 0.2) is 12.1 Å². The summed E-state index contributed by atoms with van der Waals surface area (Å²) in [6, 6.07) is 3.55. The maximum atomic E-state index is 8.91. The van der Waals surface area contributed by atoms with Gasteiger partial charge in [0.1, 0.15) is 0 Å². The quantitative estimate of drug-likeness (QED) is 0.346. The van der Waals surface area contributed by atoms with Gasteiger partial charge in [-0.05, 0) is 85.4 Å². The lowest BCUT2D eigenvalue weighted by molar-refractivity contribution is 0.425. The highest BCUT2D eigenvalue weighted by molar-refractivity contribution is 14.1. The minimum absolute atomic E-state index is 0.546. The van der Waals surface area contributed by atoms with Gasteiger partial charge in [-0.15, -0.1) is 0 Å². The molecule has 1 aromatic rings. The maximum absolute atomic E-state index is 8.91. The fourth-order valence-corrected chi connectivity index (χ4v) is 2.85. The van der Waals surface area contributed by atoms with Crippen LogP contribution in [0.25, 0.3) is 0 Å². The van der Waals surface area contributed by atoms with Gasteiger partial charge in [-0.2, -0.15) is 0 Å². The van der Waals surface area contributed by atoms with Gasteiger partial charge in [-0.25, -0.2) is 0 Å². The zero-order valence-corrected chi connectivity index (χ0v) is 12.2. The molecule has 0 aromatic heterocycles. The van der Waals surface area contributed by atoms with Gasteiger partial charge in [-0.3, -0.25) is 0 Å². The summed E-state index contributed by atoms with van der Waals surface area (Å²) in [5.41, 5.74) is 0.546. The molecule has 0 amide bonds. The predicted molar refractivity (Wildman–Crippen MR) is 74.4 cm³/mol. The van der Waals surface area contributed by atoms with Crippen molar-refractivity contribution in [3.63, 3.8) is 0 Å². The largest absolute Gasteiger partial charge is 0.488 e. The Morgan fingerprint density at radius 1 is 1.00 bits per heavy atom. The van der Waals surface area contributed by atoms with Crippen molar-refractivity contribution in [1.29, 1.82) is 0 Å². The van der Waals surface area contributed by atoms with Crippen molar-refractivity contribution in [3.8, 4) is 0 Å². The Balaban J connectivity index is 3.21. The summed E-state index contributed by atoms with van der Waals surface area (Å²) in [7, 11) is -1.37. The van der Waals surface area contributed by atoms with E-state index in [0.29, 0.717) is 5.46 Å². The molecule has 0 fully saturated rings. The molecule has 0 saturated heterocycles. The Bertz CT molecular complexity index is 280. The lowest BCUT2D eigenvalue weighted by Crippen LogP contribution is -2.30. The third-order valence-electron chi connectivity index (χ3n) is 1.30. The van der Waals surface area contributed by atoms with Crippen LogP contribution < -0.4 is 5.46 Å². The number of hydrogen-bond donors (Lipinski definition) is 2. The first-order valence-corrected chi connectivity index (χ1v) is 6.26. The van der Waals surface area contributed by atoms with Crippen LogP contribution in [0.1, 0.15) is 0 Å². The van der Waals surface area contributed by atoms with Gasteiger partial charge in [0.2, 0.25) is 0 Å². The van der Waals surface area contributed by atoms with Gasteiger partial charge in [-0.1, -0.05) is 0 Å². The first kappa shape index (κ1) is 11.5. The number of benzene rings is 1. The lowest BCUT2D eigenvalue weighted by atomic mass is 9.81. The molecule has 0 saturated carbocycles. The summed E-state index contributed by atoms with van der Waals surface area (Å²) in [6.07, 6.45) is 0. The smallest absolute Gasteiger partial charge is 0.423 e. The Morgan fingerprint density at radius 3 is 1.75 bits per heavy atom. The monoisotopic (exact) mass is 500 g/mol. The molecule has 0 unspecified atom stereocenters. The molecule has 1 rings (SSSR count). The number of halogens is 3. The van der Waals surface area contributed by atoms with Crippen LogP contribution in [-0.4, -0.2) is 17.2 Å². The Labute approximate surface area is 112 Å². The fraction of sp³-hybridized carbons (Fsp3) is 0. The molecule has 0 radical (unpaired) electrons. The molecule has 1 aromatic carbocycles. The molecule has 0 aliphatic rings. The van der Waals surface area contributed by atoms with Crippen LogP contribution in [0.5, 0.6) is 0 Å². The Morgan fingerprint density at radius 2 is 1.42 bits per heavy atom. The highest BCUT2D eigenvalue weighted by atomic mass is 127. The van der Waals surface area contributed by atoms with Gasteiger partial charge >= 0.3 is 7.12 Å². The minimum Gasteiger partial charge on any atom is -0.423 e. The van der Waals surface area contributed by atoms with E-state index in [1.165, 1.54) is 0 Å². The highest BCUT2D eigenvalue weighted by Gasteiger charge is 2.14. The average Bonchev–Trinajstić information content (AvgIpc) is 1.99. The molecule has 0 heterocycles. The molecule has 0 aliphatic heterocycles. The van der Waals surface area contributed by atoms with Crippen molar-refractivity contribution in [2.24, 2.45) is 0 Å². The van der Waals surface area contributed by atoms with E-state index in [4.69, 9.17) is 10.0 Å². The molecule has 2 N–H and O–H groups in total. The zero-order chi connectivity index (χ0) is 9.30. The van der Waals surface area contributed by atoms with Crippen molar-refractivity contribution in [2.45, 2.75) is 0 Å². The first-order chi connectivity index (χ1) is 5.52. The van der Waals surface area contributed by atoms with E-state index < -0.39 is 7.12 Å². The van der Waals surface area contributed by atoms with Gasteiger partial charge in [0.05, 0.1) is 0 Å². The highest BCUT2D eigenvalue weighted by Crippen LogP contribution is 2.19. The molecular formula is C6H4BI3O2. The Hall–Kier alpha value is 1.39. The van der Waals surface area contributed by atoms with Gasteiger partial charge < -0.3 is 10.0 Å². The van der Waals surface area contributed by atoms with Crippen molar-refractivity contribution in [3.05, 3.63) is 22.8 Å². The summed E-state index contributed by atoms with van der Waals surface area (Å²) in [5, 5.41) is 17.8. The molecule has 0 atom stereocenters. The summed E-state index contributed by atoms with van der Waals surface area (Å²) in [4.78, 5) is 0. The molecule has 2 nitrogen and oxygen atoms in total. The predicted octanol–water partition coefficient (Wildman–Crippen LogP) is 1.18. The van der Waals surface area contributed by atoms with Crippen molar-refractivity contribution < 1.29 is 10.0 Å². The van der Waals surface area contributed by atoms with E-state index in [0.717, 1.165) is 10.7 Å². The topological polar surface area (TPSA) is 40.5 Å².